The van der Waals surface area contributed by atoms with E-state index in [1.165, 1.54) is 24.3 Å². The van der Waals surface area contributed by atoms with E-state index < -0.39 is 20.0 Å². The predicted molar refractivity (Wildman–Crippen MR) is 110 cm³/mol. The fourth-order valence-electron chi connectivity index (χ4n) is 2.54. The fourth-order valence-corrected chi connectivity index (χ4v) is 4.66. The highest BCUT2D eigenvalue weighted by Crippen LogP contribution is 2.21. The molecule has 2 N–H and O–H groups in total. The van der Waals surface area contributed by atoms with E-state index in [0.29, 0.717) is 5.69 Å². The van der Waals surface area contributed by atoms with E-state index in [4.69, 9.17) is 0 Å². The number of hydrogen-bond acceptors (Lipinski definition) is 4. The minimum Gasteiger partial charge on any atom is -0.280 e. The van der Waals surface area contributed by atoms with Gasteiger partial charge in [-0.05, 0) is 60.5 Å². The number of nitrogens with one attached hydrogen (secondary N) is 2. The lowest BCUT2D eigenvalue weighted by Crippen LogP contribution is -2.14. The second-order valence-electron chi connectivity index (χ2n) is 6.10. The van der Waals surface area contributed by atoms with Crippen molar-refractivity contribution in [2.75, 3.05) is 9.44 Å². The molecule has 0 bridgehead atoms. The summed E-state index contributed by atoms with van der Waals surface area (Å²) < 4.78 is 54.8. The van der Waals surface area contributed by atoms with Crippen LogP contribution in [-0.4, -0.2) is 16.8 Å². The van der Waals surface area contributed by atoms with Crippen LogP contribution in [0.4, 0.5) is 11.4 Å². The Hall–Kier alpha value is -2.84. The summed E-state index contributed by atoms with van der Waals surface area (Å²) in [6, 6.07) is 20.7. The molecule has 0 unspecified atom stereocenters. The molecule has 0 fully saturated rings. The lowest BCUT2D eigenvalue weighted by Gasteiger charge is -2.11. The summed E-state index contributed by atoms with van der Waals surface area (Å²) in [4.78, 5) is 0.179. The molecule has 0 heterocycles. The highest BCUT2D eigenvalue weighted by atomic mass is 32.2. The van der Waals surface area contributed by atoms with Crippen molar-refractivity contribution < 1.29 is 16.8 Å². The largest absolute Gasteiger partial charge is 0.280 e. The maximum atomic E-state index is 12.5. The lowest BCUT2D eigenvalue weighted by molar-refractivity contribution is 0.600. The molecule has 6 nitrogen and oxygen atoms in total. The zero-order chi connectivity index (χ0) is 20.2. The number of benzene rings is 3. The van der Waals surface area contributed by atoms with Crippen LogP contribution in [0.15, 0.2) is 88.7 Å². The average molecular weight is 417 g/mol. The zero-order valence-corrected chi connectivity index (χ0v) is 16.8. The highest BCUT2D eigenvalue weighted by molar-refractivity contribution is 7.93. The molecule has 0 radical (unpaired) electrons. The third-order valence-corrected chi connectivity index (χ3v) is 6.88. The first-order valence-electron chi connectivity index (χ1n) is 8.60. The van der Waals surface area contributed by atoms with Crippen LogP contribution in [0.25, 0.3) is 0 Å². The summed E-state index contributed by atoms with van der Waals surface area (Å²) in [6.07, 6.45) is 0.820. The molecule has 0 amide bonds. The first kappa shape index (κ1) is 19.9. The van der Waals surface area contributed by atoms with Crippen LogP contribution >= 0.6 is 0 Å². The molecule has 28 heavy (non-hydrogen) atoms. The normalized spacial score (nSPS) is 11.8. The number of sulfonamides is 2. The Kier molecular flexibility index (Phi) is 5.71. The number of hydrogen-bond donors (Lipinski definition) is 2. The maximum absolute atomic E-state index is 12.5. The van der Waals surface area contributed by atoms with Gasteiger partial charge >= 0.3 is 0 Å². The first-order valence-corrected chi connectivity index (χ1v) is 11.6. The van der Waals surface area contributed by atoms with Crippen LogP contribution in [0.2, 0.25) is 0 Å². The summed E-state index contributed by atoms with van der Waals surface area (Å²) in [7, 11) is -7.51. The van der Waals surface area contributed by atoms with Gasteiger partial charge in [-0.2, -0.15) is 0 Å². The molecule has 3 aromatic carbocycles. The Morgan fingerprint density at radius 3 is 1.50 bits per heavy atom. The summed E-state index contributed by atoms with van der Waals surface area (Å²) in [6.45, 7) is 1.99. The molecule has 0 atom stereocenters. The van der Waals surface area contributed by atoms with E-state index in [0.717, 1.165) is 12.0 Å². The van der Waals surface area contributed by atoms with Crippen molar-refractivity contribution in [1.82, 2.24) is 0 Å². The Morgan fingerprint density at radius 2 is 1.04 bits per heavy atom. The van der Waals surface area contributed by atoms with E-state index >= 15 is 0 Å². The summed E-state index contributed by atoms with van der Waals surface area (Å²) in [5.74, 6) is 0. The van der Waals surface area contributed by atoms with Gasteiger partial charge in [0.15, 0.2) is 0 Å². The molecular formula is C20H20N2O4S2. The monoisotopic (exact) mass is 416 g/mol. The highest BCUT2D eigenvalue weighted by Gasteiger charge is 2.17. The number of para-hydroxylation sites is 1. The number of aryl methyl sites for hydroxylation is 1. The van der Waals surface area contributed by atoms with E-state index in [1.807, 2.05) is 6.92 Å². The molecule has 0 spiro atoms. The van der Waals surface area contributed by atoms with Gasteiger partial charge in [0.2, 0.25) is 0 Å². The van der Waals surface area contributed by atoms with Crippen LogP contribution in [-0.2, 0) is 26.5 Å². The van der Waals surface area contributed by atoms with Crippen LogP contribution < -0.4 is 9.44 Å². The number of rotatable bonds is 7. The SMILES string of the molecule is CCc1ccc(S(=O)(=O)Nc2ccc(S(=O)(=O)Nc3ccccc3)cc2)cc1. The van der Waals surface area contributed by atoms with Crippen molar-refractivity contribution in [3.63, 3.8) is 0 Å². The Morgan fingerprint density at radius 1 is 0.607 bits per heavy atom. The van der Waals surface area contributed by atoms with Gasteiger partial charge in [-0.1, -0.05) is 37.3 Å². The third-order valence-electron chi connectivity index (χ3n) is 4.08. The van der Waals surface area contributed by atoms with E-state index in [2.05, 4.69) is 9.44 Å². The first-order chi connectivity index (χ1) is 13.3. The smallest absolute Gasteiger partial charge is 0.261 e. The van der Waals surface area contributed by atoms with Gasteiger partial charge in [-0.25, -0.2) is 16.8 Å². The van der Waals surface area contributed by atoms with Gasteiger partial charge in [0.25, 0.3) is 20.0 Å². The minimum atomic E-state index is -3.76. The van der Waals surface area contributed by atoms with Crippen LogP contribution in [0, 0.1) is 0 Å². The molecule has 3 rings (SSSR count). The zero-order valence-electron chi connectivity index (χ0n) is 15.2. The molecule has 0 saturated heterocycles. The van der Waals surface area contributed by atoms with Crippen molar-refractivity contribution in [3.8, 4) is 0 Å². The molecule has 0 saturated carbocycles. The Balaban J connectivity index is 1.76. The molecule has 8 heteroatoms. The van der Waals surface area contributed by atoms with Crippen LogP contribution in [0.3, 0.4) is 0 Å². The second kappa shape index (κ2) is 8.04. The van der Waals surface area contributed by atoms with Gasteiger partial charge < -0.3 is 0 Å². The van der Waals surface area contributed by atoms with Crippen LogP contribution in [0.1, 0.15) is 12.5 Å². The molecule has 0 aliphatic carbocycles. The van der Waals surface area contributed by atoms with Gasteiger partial charge in [0, 0.05) is 11.4 Å². The molecule has 0 aromatic heterocycles. The van der Waals surface area contributed by atoms with Gasteiger partial charge in [0.05, 0.1) is 9.79 Å². The third kappa shape index (κ3) is 4.71. The fraction of sp³-hybridized carbons (Fsp3) is 0.100. The molecular weight excluding hydrogens is 396 g/mol. The standard InChI is InChI=1S/C20H20N2O4S2/c1-2-16-8-12-19(13-9-16)27(23,24)22-18-10-14-20(15-11-18)28(25,26)21-17-6-4-3-5-7-17/h3-15,21-22H,2H2,1H3. The van der Waals surface area contributed by atoms with Gasteiger partial charge in [-0.15, -0.1) is 0 Å². The van der Waals surface area contributed by atoms with E-state index in [1.54, 1.807) is 54.6 Å². The average Bonchev–Trinajstić information content (AvgIpc) is 2.68. The van der Waals surface area contributed by atoms with Crippen molar-refractivity contribution in [2.24, 2.45) is 0 Å². The lowest BCUT2D eigenvalue weighted by atomic mass is 10.2. The Labute approximate surface area is 165 Å². The molecule has 3 aromatic rings. The maximum Gasteiger partial charge on any atom is 0.261 e. The van der Waals surface area contributed by atoms with Gasteiger partial charge in [-0.3, -0.25) is 9.44 Å². The van der Waals surface area contributed by atoms with Gasteiger partial charge in [0.1, 0.15) is 0 Å². The van der Waals surface area contributed by atoms with Crippen molar-refractivity contribution in [2.45, 2.75) is 23.1 Å². The Bertz CT molecular complexity index is 1140. The van der Waals surface area contributed by atoms with Crippen molar-refractivity contribution >= 4 is 31.4 Å². The molecule has 146 valence electrons. The van der Waals surface area contributed by atoms with E-state index in [9.17, 15) is 16.8 Å². The summed E-state index contributed by atoms with van der Waals surface area (Å²) >= 11 is 0. The summed E-state index contributed by atoms with van der Waals surface area (Å²) in [5, 5.41) is 0. The quantitative estimate of drug-likeness (QED) is 0.612. The van der Waals surface area contributed by atoms with E-state index in [-0.39, 0.29) is 15.5 Å². The van der Waals surface area contributed by atoms with Crippen molar-refractivity contribution in [3.05, 3.63) is 84.4 Å². The summed E-state index contributed by atoms with van der Waals surface area (Å²) in [5.41, 5.74) is 1.76. The molecule has 0 aliphatic rings. The molecule has 0 aliphatic heterocycles. The second-order valence-corrected chi connectivity index (χ2v) is 9.46. The van der Waals surface area contributed by atoms with Crippen LogP contribution in [0.5, 0.6) is 0 Å². The van der Waals surface area contributed by atoms with Crippen molar-refractivity contribution in [1.29, 1.82) is 0 Å². The number of anilines is 2. The minimum absolute atomic E-state index is 0.0339. The topological polar surface area (TPSA) is 92.3 Å². The predicted octanol–water partition coefficient (Wildman–Crippen LogP) is 3.85.